The minimum Gasteiger partial charge on any atom is -0.476 e. The average molecular weight is 200 g/mol. The summed E-state index contributed by atoms with van der Waals surface area (Å²) in [4.78, 5) is 4.09. The van der Waals surface area contributed by atoms with Crippen LogP contribution in [0, 0.1) is 5.82 Å². The van der Waals surface area contributed by atoms with Crippen LogP contribution in [0.25, 0.3) is 0 Å². The second-order valence-corrected chi connectivity index (χ2v) is 3.07. The molecule has 0 bridgehead atoms. The summed E-state index contributed by atoms with van der Waals surface area (Å²) < 4.78 is 18.0. The van der Waals surface area contributed by atoms with E-state index in [1.165, 1.54) is 12.1 Å². The number of hydrogen-bond acceptors (Lipinski definition) is 2. The fraction of sp³-hybridized carbons (Fsp3) is 0.222. The lowest BCUT2D eigenvalue weighted by molar-refractivity contribution is 0.348. The maximum atomic E-state index is 12.8. The summed E-state index contributed by atoms with van der Waals surface area (Å²) in [5.74, 6) is 0.117. The summed E-state index contributed by atoms with van der Waals surface area (Å²) in [6.45, 7) is 1.24. The number of hydrogen-bond donors (Lipinski definition) is 0. The molecule has 1 aromatic carbocycles. The molecular formula is C9H7ClFNO. The Balaban J connectivity index is 2.36. The van der Waals surface area contributed by atoms with Crippen molar-refractivity contribution >= 4 is 17.5 Å². The predicted molar refractivity (Wildman–Crippen MR) is 48.8 cm³/mol. The Kier molecular flexibility index (Phi) is 2.19. The van der Waals surface area contributed by atoms with E-state index >= 15 is 0 Å². The van der Waals surface area contributed by atoms with Crippen LogP contribution in [0.15, 0.2) is 23.2 Å². The van der Waals surface area contributed by atoms with Gasteiger partial charge in [0.05, 0.1) is 11.6 Å². The third kappa shape index (κ3) is 1.65. The van der Waals surface area contributed by atoms with E-state index in [-0.39, 0.29) is 5.02 Å². The molecular weight excluding hydrogens is 193 g/mol. The third-order valence-electron chi connectivity index (χ3n) is 1.75. The van der Waals surface area contributed by atoms with Gasteiger partial charge in [-0.3, -0.25) is 0 Å². The Morgan fingerprint density at radius 1 is 1.46 bits per heavy atom. The Morgan fingerprint density at radius 2 is 2.31 bits per heavy atom. The standard InChI is InChI=1S/C9H7ClFNO/c10-7-5-6(1-2-8(7)11)9-12-3-4-13-9/h1-2,5H,3-4H2. The summed E-state index contributed by atoms with van der Waals surface area (Å²) in [6, 6.07) is 4.42. The van der Waals surface area contributed by atoms with Crippen molar-refractivity contribution in [3.05, 3.63) is 34.6 Å². The molecule has 68 valence electrons. The molecule has 0 spiro atoms. The summed E-state index contributed by atoms with van der Waals surface area (Å²) in [7, 11) is 0. The quantitative estimate of drug-likeness (QED) is 0.680. The highest BCUT2D eigenvalue weighted by Crippen LogP contribution is 2.17. The monoisotopic (exact) mass is 199 g/mol. The second-order valence-electron chi connectivity index (χ2n) is 2.66. The molecule has 0 atom stereocenters. The van der Waals surface area contributed by atoms with E-state index < -0.39 is 5.82 Å². The molecule has 2 nitrogen and oxygen atoms in total. The Bertz CT molecular complexity index is 365. The smallest absolute Gasteiger partial charge is 0.216 e. The van der Waals surface area contributed by atoms with E-state index in [2.05, 4.69) is 4.99 Å². The molecule has 0 aromatic heterocycles. The SMILES string of the molecule is Fc1ccc(C2=NCCO2)cc1Cl. The largest absolute Gasteiger partial charge is 0.476 e. The van der Waals surface area contributed by atoms with Gasteiger partial charge in [-0.05, 0) is 18.2 Å². The van der Waals surface area contributed by atoms with Crippen LogP contribution in [0.2, 0.25) is 5.02 Å². The van der Waals surface area contributed by atoms with Gasteiger partial charge < -0.3 is 4.74 Å². The van der Waals surface area contributed by atoms with E-state index in [4.69, 9.17) is 16.3 Å². The molecule has 1 heterocycles. The van der Waals surface area contributed by atoms with Crippen molar-refractivity contribution in [1.82, 2.24) is 0 Å². The zero-order valence-electron chi connectivity index (χ0n) is 6.76. The van der Waals surface area contributed by atoms with Gasteiger partial charge in [-0.25, -0.2) is 9.38 Å². The minimum absolute atomic E-state index is 0.0932. The molecule has 0 saturated carbocycles. The number of ether oxygens (including phenoxy) is 1. The lowest BCUT2D eigenvalue weighted by Crippen LogP contribution is -2.00. The molecule has 13 heavy (non-hydrogen) atoms. The van der Waals surface area contributed by atoms with Crippen molar-refractivity contribution in [2.45, 2.75) is 0 Å². The van der Waals surface area contributed by atoms with Gasteiger partial charge in [-0.2, -0.15) is 0 Å². The first kappa shape index (κ1) is 8.51. The van der Waals surface area contributed by atoms with E-state index in [1.807, 2.05) is 0 Å². The van der Waals surface area contributed by atoms with Gasteiger partial charge in [0, 0.05) is 5.56 Å². The van der Waals surface area contributed by atoms with Crippen LogP contribution >= 0.6 is 11.6 Å². The molecule has 1 aliphatic heterocycles. The maximum absolute atomic E-state index is 12.8. The number of nitrogens with zero attached hydrogens (tertiary/aromatic N) is 1. The molecule has 1 aromatic rings. The predicted octanol–water partition coefficient (Wildman–Crippen LogP) is 2.26. The van der Waals surface area contributed by atoms with Crippen LogP contribution in [0.4, 0.5) is 4.39 Å². The topological polar surface area (TPSA) is 21.6 Å². The van der Waals surface area contributed by atoms with Crippen molar-refractivity contribution in [1.29, 1.82) is 0 Å². The van der Waals surface area contributed by atoms with Crippen molar-refractivity contribution in [2.24, 2.45) is 4.99 Å². The molecule has 0 saturated heterocycles. The summed E-state index contributed by atoms with van der Waals surface area (Å²) >= 11 is 5.61. The first-order chi connectivity index (χ1) is 6.27. The van der Waals surface area contributed by atoms with Gasteiger partial charge in [-0.15, -0.1) is 0 Å². The van der Waals surface area contributed by atoms with Gasteiger partial charge in [0.2, 0.25) is 5.90 Å². The third-order valence-corrected chi connectivity index (χ3v) is 2.04. The Morgan fingerprint density at radius 3 is 2.92 bits per heavy atom. The highest BCUT2D eigenvalue weighted by atomic mass is 35.5. The highest BCUT2D eigenvalue weighted by molar-refractivity contribution is 6.31. The second kappa shape index (κ2) is 3.34. The molecule has 4 heteroatoms. The zero-order chi connectivity index (χ0) is 9.26. The Hall–Kier alpha value is -1.09. The molecule has 2 rings (SSSR count). The molecule has 0 N–H and O–H groups in total. The average Bonchev–Trinajstić information content (AvgIpc) is 2.62. The van der Waals surface area contributed by atoms with E-state index in [0.29, 0.717) is 19.0 Å². The molecule has 0 unspecified atom stereocenters. The van der Waals surface area contributed by atoms with Crippen LogP contribution < -0.4 is 0 Å². The Labute approximate surface area is 80.0 Å². The van der Waals surface area contributed by atoms with Gasteiger partial charge >= 0.3 is 0 Å². The van der Waals surface area contributed by atoms with Crippen LogP contribution in [0.1, 0.15) is 5.56 Å². The van der Waals surface area contributed by atoms with Crippen LogP contribution in [0.3, 0.4) is 0 Å². The molecule has 1 aliphatic rings. The van der Waals surface area contributed by atoms with Crippen LogP contribution in [0.5, 0.6) is 0 Å². The maximum Gasteiger partial charge on any atom is 0.216 e. The van der Waals surface area contributed by atoms with Crippen LogP contribution in [-0.2, 0) is 4.74 Å². The van der Waals surface area contributed by atoms with Gasteiger partial charge in [0.25, 0.3) is 0 Å². The van der Waals surface area contributed by atoms with Gasteiger partial charge in [0.15, 0.2) is 0 Å². The number of rotatable bonds is 1. The lowest BCUT2D eigenvalue weighted by Gasteiger charge is -2.01. The first-order valence-corrected chi connectivity index (χ1v) is 4.28. The van der Waals surface area contributed by atoms with Crippen molar-refractivity contribution in [2.75, 3.05) is 13.2 Å². The van der Waals surface area contributed by atoms with E-state index in [9.17, 15) is 4.39 Å². The summed E-state index contributed by atoms with van der Waals surface area (Å²) in [5.41, 5.74) is 0.726. The molecule has 0 fully saturated rings. The normalized spacial score (nSPS) is 15.4. The van der Waals surface area contributed by atoms with Crippen molar-refractivity contribution < 1.29 is 9.13 Å². The molecule has 0 radical (unpaired) electrons. The van der Waals surface area contributed by atoms with Crippen LogP contribution in [-0.4, -0.2) is 19.0 Å². The number of aliphatic imine (C=N–C) groups is 1. The first-order valence-electron chi connectivity index (χ1n) is 3.90. The number of benzene rings is 1. The van der Waals surface area contributed by atoms with Crippen molar-refractivity contribution in [3.63, 3.8) is 0 Å². The summed E-state index contributed by atoms with van der Waals surface area (Å²) in [5, 5.41) is 0.0932. The van der Waals surface area contributed by atoms with E-state index in [1.54, 1.807) is 6.07 Å². The zero-order valence-corrected chi connectivity index (χ0v) is 7.51. The summed E-state index contributed by atoms with van der Waals surface area (Å²) in [6.07, 6.45) is 0. The highest BCUT2D eigenvalue weighted by Gasteiger charge is 2.11. The van der Waals surface area contributed by atoms with Gasteiger partial charge in [-0.1, -0.05) is 11.6 Å². The lowest BCUT2D eigenvalue weighted by atomic mass is 10.2. The number of halogens is 2. The molecule has 0 amide bonds. The molecule has 0 aliphatic carbocycles. The minimum atomic E-state index is -0.427. The van der Waals surface area contributed by atoms with Crippen molar-refractivity contribution in [3.8, 4) is 0 Å². The fourth-order valence-electron chi connectivity index (χ4n) is 1.14. The fourth-order valence-corrected chi connectivity index (χ4v) is 1.32. The van der Waals surface area contributed by atoms with E-state index in [0.717, 1.165) is 5.56 Å². The van der Waals surface area contributed by atoms with Gasteiger partial charge in [0.1, 0.15) is 12.4 Å².